The quantitative estimate of drug-likeness (QED) is 0.493. The van der Waals surface area contributed by atoms with Gasteiger partial charge in [-0.1, -0.05) is 6.07 Å². The molecule has 0 unspecified atom stereocenters. The maximum Gasteiger partial charge on any atom is 0.270 e. The van der Waals surface area contributed by atoms with E-state index in [1.165, 1.54) is 4.57 Å². The third-order valence-electron chi connectivity index (χ3n) is 5.14. The Morgan fingerprint density at radius 2 is 2.18 bits per heavy atom. The number of anilines is 1. The van der Waals surface area contributed by atoms with E-state index in [9.17, 15) is 19.2 Å². The van der Waals surface area contributed by atoms with Crippen LogP contribution < -0.4 is 30.1 Å². The number of hydrogen-bond acceptors (Lipinski definition) is 8. The minimum atomic E-state index is -0.742. The van der Waals surface area contributed by atoms with Crippen LogP contribution in [0, 0.1) is 11.3 Å². The molecule has 11 heteroatoms. The minimum absolute atomic E-state index is 0.197. The first-order valence-electron chi connectivity index (χ1n) is 11.0. The first-order chi connectivity index (χ1) is 16.6. The molecule has 1 aliphatic heterocycles. The molecular formula is C23H28FN5O4S. The van der Waals surface area contributed by atoms with Gasteiger partial charge >= 0.3 is 0 Å². The lowest BCUT2D eigenvalue weighted by atomic mass is 10.3. The Labute approximate surface area is 200 Å². The average molecular weight is 490 g/mol. The summed E-state index contributed by atoms with van der Waals surface area (Å²) in [5, 5.41) is 14.9. The van der Waals surface area contributed by atoms with E-state index in [2.05, 4.69) is 15.5 Å². The summed E-state index contributed by atoms with van der Waals surface area (Å²) in [5.74, 6) is -0.000769. The molecular weight excluding hydrogens is 461 g/mol. The molecule has 0 atom stereocenters. The van der Waals surface area contributed by atoms with Crippen LogP contribution in [-0.2, 0) is 16.1 Å². The molecule has 2 N–H and O–H groups in total. The highest BCUT2D eigenvalue weighted by Crippen LogP contribution is 2.17. The number of carbonyl (C=O) groups is 1. The van der Waals surface area contributed by atoms with Crippen molar-refractivity contribution in [3.05, 3.63) is 43.8 Å². The van der Waals surface area contributed by atoms with E-state index < -0.39 is 12.6 Å². The molecule has 1 aromatic carbocycles. The summed E-state index contributed by atoms with van der Waals surface area (Å²) in [6.07, 6.45) is 1.55. The van der Waals surface area contributed by atoms with Gasteiger partial charge in [0.15, 0.2) is 5.57 Å². The van der Waals surface area contributed by atoms with Crippen molar-refractivity contribution in [1.29, 1.82) is 5.26 Å². The Morgan fingerprint density at radius 1 is 1.38 bits per heavy atom. The van der Waals surface area contributed by atoms with Gasteiger partial charge in [-0.25, -0.2) is 4.39 Å². The van der Waals surface area contributed by atoms with Crippen LogP contribution in [0.5, 0.6) is 5.75 Å². The van der Waals surface area contributed by atoms with Crippen molar-refractivity contribution >= 4 is 34.7 Å². The fraction of sp³-hybridized carbons (Fsp3) is 0.435. The Hall–Kier alpha value is -3.20. The molecule has 1 saturated heterocycles. The Balaban J connectivity index is 1.76. The number of halogens is 1. The number of thiazole rings is 1. The number of rotatable bonds is 10. The largest absolute Gasteiger partial charge is 0.492 e. The van der Waals surface area contributed by atoms with Crippen molar-refractivity contribution in [3.8, 4) is 11.8 Å². The topological polar surface area (TPSA) is 109 Å². The van der Waals surface area contributed by atoms with Gasteiger partial charge in [0.2, 0.25) is 0 Å². The number of hydrogen-bond donors (Lipinski definition) is 2. The molecule has 34 heavy (non-hydrogen) atoms. The van der Waals surface area contributed by atoms with E-state index in [-0.39, 0.29) is 28.9 Å². The number of nitrogens with one attached hydrogen (secondary N) is 2. The summed E-state index contributed by atoms with van der Waals surface area (Å²) in [6, 6.07) is 9.23. The summed E-state index contributed by atoms with van der Waals surface area (Å²) < 4.78 is 25.5. The molecule has 3 rings (SSSR count). The molecule has 0 bridgehead atoms. The van der Waals surface area contributed by atoms with Gasteiger partial charge in [0, 0.05) is 50.7 Å². The molecule has 2 aromatic rings. The van der Waals surface area contributed by atoms with Gasteiger partial charge in [-0.15, -0.1) is 11.3 Å². The summed E-state index contributed by atoms with van der Waals surface area (Å²) >= 11 is 1.03. The van der Waals surface area contributed by atoms with Crippen molar-refractivity contribution in [1.82, 2.24) is 14.8 Å². The van der Waals surface area contributed by atoms with E-state index in [4.69, 9.17) is 9.47 Å². The van der Waals surface area contributed by atoms with Gasteiger partial charge in [-0.05, 0) is 19.1 Å². The highest BCUT2D eigenvalue weighted by molar-refractivity contribution is 7.07. The number of alkyl halides is 1. The van der Waals surface area contributed by atoms with Gasteiger partial charge in [0.1, 0.15) is 34.3 Å². The lowest BCUT2D eigenvalue weighted by Gasteiger charge is -2.26. The SMILES string of the molecule is CCn1c(=O)/c(=C\Nc2cccc(OCCN3CCOCC3)c2)s/c1=C(/C#N)C(=O)NCCF. The van der Waals surface area contributed by atoms with Crippen molar-refractivity contribution in [2.75, 3.05) is 58.0 Å². The molecule has 182 valence electrons. The van der Waals surface area contributed by atoms with Crippen LogP contribution in [-0.4, -0.2) is 68.0 Å². The average Bonchev–Trinajstić information content (AvgIpc) is 3.17. The molecule has 9 nitrogen and oxygen atoms in total. The van der Waals surface area contributed by atoms with E-state index in [1.807, 2.05) is 30.3 Å². The standard InChI is InChI=1S/C23H28FN5O4S/c1-2-29-22(31)20(34-23(29)19(15-25)21(30)26-7-6-24)16-27-17-4-3-5-18(14-17)33-13-10-28-8-11-32-12-9-28/h3-5,14,16,27H,2,6-13H2,1H3,(H,26,30)/b20-16+,23-19-. The zero-order chi connectivity index (χ0) is 24.3. The normalized spacial score (nSPS) is 15.5. The predicted octanol–water partition coefficient (Wildman–Crippen LogP) is 0.251. The number of aromatic nitrogens is 1. The Bertz CT molecular complexity index is 1200. The number of ether oxygens (including phenoxy) is 2. The van der Waals surface area contributed by atoms with E-state index in [1.54, 1.807) is 13.1 Å². The van der Waals surface area contributed by atoms with E-state index >= 15 is 0 Å². The highest BCUT2D eigenvalue weighted by Gasteiger charge is 2.15. The van der Waals surface area contributed by atoms with Crippen LogP contribution in [0.2, 0.25) is 0 Å². The van der Waals surface area contributed by atoms with Crippen LogP contribution >= 0.6 is 11.3 Å². The highest BCUT2D eigenvalue weighted by atomic mass is 32.1. The maximum atomic E-state index is 12.8. The molecule has 0 saturated carbocycles. The van der Waals surface area contributed by atoms with Crippen molar-refractivity contribution < 1.29 is 18.7 Å². The zero-order valence-corrected chi connectivity index (χ0v) is 19.8. The molecule has 1 fully saturated rings. The second kappa shape index (κ2) is 12.9. The lowest BCUT2D eigenvalue weighted by Crippen LogP contribution is -2.38. The van der Waals surface area contributed by atoms with Gasteiger partial charge in [0.25, 0.3) is 11.5 Å². The van der Waals surface area contributed by atoms with Crippen molar-refractivity contribution in [2.45, 2.75) is 13.5 Å². The van der Waals surface area contributed by atoms with Crippen LogP contribution in [0.1, 0.15) is 6.92 Å². The van der Waals surface area contributed by atoms with Crippen LogP contribution in [0.25, 0.3) is 11.8 Å². The first-order valence-corrected chi connectivity index (χ1v) is 11.9. The lowest BCUT2D eigenvalue weighted by molar-refractivity contribution is -0.115. The molecule has 2 heterocycles. The fourth-order valence-electron chi connectivity index (χ4n) is 3.38. The van der Waals surface area contributed by atoms with Gasteiger partial charge in [0.05, 0.1) is 13.2 Å². The molecule has 1 aromatic heterocycles. The monoisotopic (exact) mass is 489 g/mol. The fourth-order valence-corrected chi connectivity index (χ4v) is 4.47. The van der Waals surface area contributed by atoms with Crippen LogP contribution in [0.15, 0.2) is 29.1 Å². The summed E-state index contributed by atoms with van der Waals surface area (Å²) in [7, 11) is 0. The summed E-state index contributed by atoms with van der Waals surface area (Å²) in [4.78, 5) is 27.3. The van der Waals surface area contributed by atoms with Crippen molar-refractivity contribution in [3.63, 3.8) is 0 Å². The van der Waals surface area contributed by atoms with E-state index in [0.29, 0.717) is 16.9 Å². The molecule has 0 radical (unpaired) electrons. The number of benzene rings is 1. The predicted molar refractivity (Wildman–Crippen MR) is 129 cm³/mol. The Kier molecular flexibility index (Phi) is 9.63. The van der Waals surface area contributed by atoms with Gasteiger partial charge in [-0.2, -0.15) is 5.26 Å². The van der Waals surface area contributed by atoms with Crippen LogP contribution in [0.3, 0.4) is 0 Å². The van der Waals surface area contributed by atoms with Gasteiger partial charge in [-0.3, -0.25) is 19.1 Å². The number of carbonyl (C=O) groups excluding carboxylic acids is 1. The van der Waals surface area contributed by atoms with E-state index in [0.717, 1.165) is 49.9 Å². The van der Waals surface area contributed by atoms with Crippen LogP contribution in [0.4, 0.5) is 10.1 Å². The summed E-state index contributed by atoms with van der Waals surface area (Å²) in [5.41, 5.74) is 0.193. The smallest absolute Gasteiger partial charge is 0.270 e. The second-order valence-electron chi connectivity index (χ2n) is 7.37. The maximum absolute atomic E-state index is 12.8. The van der Waals surface area contributed by atoms with Gasteiger partial charge < -0.3 is 20.1 Å². The third kappa shape index (κ3) is 6.66. The Morgan fingerprint density at radius 3 is 2.88 bits per heavy atom. The first kappa shape index (κ1) is 25.4. The minimum Gasteiger partial charge on any atom is -0.492 e. The number of nitrogens with zero attached hydrogens (tertiary/aromatic N) is 3. The number of amides is 1. The summed E-state index contributed by atoms with van der Waals surface area (Å²) in [6.45, 7) is 5.77. The molecule has 0 spiro atoms. The second-order valence-corrected chi connectivity index (χ2v) is 8.40. The number of morpholine rings is 1. The zero-order valence-electron chi connectivity index (χ0n) is 19.0. The third-order valence-corrected chi connectivity index (χ3v) is 6.27. The molecule has 1 amide bonds. The number of nitriles is 1. The molecule has 0 aliphatic carbocycles. The molecule has 1 aliphatic rings. The van der Waals surface area contributed by atoms with Crippen molar-refractivity contribution in [2.24, 2.45) is 0 Å².